The molecular formula is C24H25F4N9O. The molecule has 1 aliphatic carbocycles. The van der Waals surface area contributed by atoms with E-state index in [0.717, 1.165) is 24.2 Å². The van der Waals surface area contributed by atoms with E-state index in [1.165, 1.54) is 25.3 Å². The zero-order valence-corrected chi connectivity index (χ0v) is 20.8. The molecule has 1 saturated carbocycles. The molecule has 1 aliphatic rings. The molecule has 0 amide bonds. The SMILES string of the molecule is COc1ccc(-n2nnnc2C(F)(F)F)cc1N(C)C1CCC(Cc2nnnn2C)C1c1ccc(F)cc1. The summed E-state index contributed by atoms with van der Waals surface area (Å²) in [6, 6.07) is 11.0. The van der Waals surface area contributed by atoms with E-state index < -0.39 is 12.0 Å². The number of hydrogen-bond acceptors (Lipinski definition) is 8. The molecule has 3 atom stereocenters. The Labute approximate surface area is 215 Å². The van der Waals surface area contributed by atoms with Crippen molar-refractivity contribution in [2.24, 2.45) is 13.0 Å². The molecule has 200 valence electrons. The molecule has 2 heterocycles. The summed E-state index contributed by atoms with van der Waals surface area (Å²) < 4.78 is 62.1. The Morgan fingerprint density at radius 3 is 2.42 bits per heavy atom. The maximum atomic E-state index is 13.8. The van der Waals surface area contributed by atoms with Crippen LogP contribution in [0.25, 0.3) is 5.69 Å². The maximum Gasteiger partial charge on any atom is 0.453 e. The summed E-state index contributed by atoms with van der Waals surface area (Å²) in [7, 11) is 5.16. The highest BCUT2D eigenvalue weighted by molar-refractivity contribution is 5.64. The molecule has 2 aromatic carbocycles. The fourth-order valence-corrected chi connectivity index (χ4v) is 5.36. The second-order valence-corrected chi connectivity index (χ2v) is 9.28. The van der Waals surface area contributed by atoms with Gasteiger partial charge in [0.15, 0.2) is 5.82 Å². The minimum atomic E-state index is -4.73. The molecule has 0 N–H and O–H groups in total. The summed E-state index contributed by atoms with van der Waals surface area (Å²) in [5.41, 5.74) is 1.67. The number of halogens is 4. The highest BCUT2D eigenvalue weighted by atomic mass is 19.4. The summed E-state index contributed by atoms with van der Waals surface area (Å²) in [6.07, 6.45) is -2.49. The Bertz CT molecular complexity index is 1400. The molecule has 5 rings (SSSR count). The van der Waals surface area contributed by atoms with E-state index in [9.17, 15) is 17.6 Å². The molecule has 1 fully saturated rings. The molecule has 0 saturated heterocycles. The van der Waals surface area contributed by atoms with Crippen LogP contribution in [0.15, 0.2) is 42.5 Å². The number of methoxy groups -OCH3 is 1. The lowest BCUT2D eigenvalue weighted by atomic mass is 9.84. The van der Waals surface area contributed by atoms with Crippen molar-refractivity contribution in [3.8, 4) is 11.4 Å². The van der Waals surface area contributed by atoms with Crippen molar-refractivity contribution in [3.63, 3.8) is 0 Å². The first-order valence-corrected chi connectivity index (χ1v) is 11.9. The third kappa shape index (κ3) is 4.77. The maximum absolute atomic E-state index is 13.8. The van der Waals surface area contributed by atoms with Gasteiger partial charge in [0, 0.05) is 32.5 Å². The number of aryl methyl sites for hydroxylation is 1. The molecule has 14 heteroatoms. The highest BCUT2D eigenvalue weighted by Crippen LogP contribution is 2.46. The predicted molar refractivity (Wildman–Crippen MR) is 127 cm³/mol. The minimum Gasteiger partial charge on any atom is -0.495 e. The van der Waals surface area contributed by atoms with Crippen LogP contribution in [0.3, 0.4) is 0 Å². The Kier molecular flexibility index (Phi) is 6.71. The standard InChI is InChI=1S/C24H25F4N9O/c1-35(19-13-17(9-11-20(19)38-3)37-23(24(26,27)28)30-32-34-37)18-10-6-15(12-21-29-31-33-36(21)2)22(18)14-4-7-16(25)8-5-14/h4-5,7-9,11,13,15,18,22H,6,10,12H2,1-3H3. The smallest absolute Gasteiger partial charge is 0.453 e. The Balaban J connectivity index is 1.53. The molecule has 0 spiro atoms. The normalized spacial score (nSPS) is 19.6. The topological polar surface area (TPSA) is 99.7 Å². The minimum absolute atomic E-state index is 0.0376. The van der Waals surface area contributed by atoms with Gasteiger partial charge in [0.05, 0.1) is 18.5 Å². The third-order valence-electron chi connectivity index (χ3n) is 7.17. The van der Waals surface area contributed by atoms with Gasteiger partial charge in [0.2, 0.25) is 0 Å². The second-order valence-electron chi connectivity index (χ2n) is 9.28. The molecule has 38 heavy (non-hydrogen) atoms. The summed E-state index contributed by atoms with van der Waals surface area (Å²) in [5, 5.41) is 21.7. The van der Waals surface area contributed by atoms with Gasteiger partial charge in [-0.2, -0.15) is 17.9 Å². The van der Waals surface area contributed by atoms with Crippen LogP contribution in [0, 0.1) is 11.7 Å². The molecule has 4 aromatic rings. The number of aromatic nitrogens is 8. The lowest BCUT2D eigenvalue weighted by molar-refractivity contribution is -0.146. The molecule has 3 unspecified atom stereocenters. The molecule has 10 nitrogen and oxygen atoms in total. The van der Waals surface area contributed by atoms with Crippen molar-refractivity contribution < 1.29 is 22.3 Å². The third-order valence-corrected chi connectivity index (χ3v) is 7.17. The highest BCUT2D eigenvalue weighted by Gasteiger charge is 2.41. The average Bonchev–Trinajstić information content (AvgIpc) is 3.64. The van der Waals surface area contributed by atoms with Gasteiger partial charge in [-0.05, 0) is 75.5 Å². The second kappa shape index (κ2) is 9.99. The van der Waals surface area contributed by atoms with E-state index in [4.69, 9.17) is 4.74 Å². The van der Waals surface area contributed by atoms with E-state index in [2.05, 4.69) is 31.1 Å². The largest absolute Gasteiger partial charge is 0.495 e. The number of tetrazole rings is 2. The van der Waals surface area contributed by atoms with Crippen LogP contribution in [0.4, 0.5) is 23.2 Å². The molecule has 0 radical (unpaired) electrons. The number of benzene rings is 2. The van der Waals surface area contributed by atoms with Crippen molar-refractivity contribution in [1.29, 1.82) is 0 Å². The number of nitrogens with zero attached hydrogens (tertiary/aromatic N) is 9. The van der Waals surface area contributed by atoms with Crippen LogP contribution in [0.2, 0.25) is 0 Å². The quantitative estimate of drug-likeness (QED) is 0.334. The van der Waals surface area contributed by atoms with Crippen molar-refractivity contribution in [3.05, 3.63) is 65.5 Å². The van der Waals surface area contributed by atoms with Gasteiger partial charge < -0.3 is 9.64 Å². The van der Waals surface area contributed by atoms with E-state index in [1.54, 1.807) is 36.0 Å². The lowest BCUT2D eigenvalue weighted by Gasteiger charge is -2.35. The molecular weight excluding hydrogens is 506 g/mol. The van der Waals surface area contributed by atoms with Gasteiger partial charge in [-0.15, -0.1) is 10.2 Å². The van der Waals surface area contributed by atoms with Gasteiger partial charge in [-0.25, -0.2) is 9.07 Å². The zero-order chi connectivity index (χ0) is 27.0. The van der Waals surface area contributed by atoms with Crippen LogP contribution >= 0.6 is 0 Å². The van der Waals surface area contributed by atoms with Gasteiger partial charge in [-0.1, -0.05) is 12.1 Å². The summed E-state index contributed by atoms with van der Waals surface area (Å²) in [4.78, 5) is 2.00. The average molecular weight is 532 g/mol. The van der Waals surface area contributed by atoms with E-state index in [1.807, 2.05) is 11.9 Å². The lowest BCUT2D eigenvalue weighted by Crippen LogP contribution is -2.36. The van der Waals surface area contributed by atoms with Crippen molar-refractivity contribution in [2.45, 2.75) is 37.4 Å². The van der Waals surface area contributed by atoms with E-state index in [0.29, 0.717) is 22.5 Å². The Morgan fingerprint density at radius 2 is 1.76 bits per heavy atom. The monoisotopic (exact) mass is 531 g/mol. The number of alkyl halides is 3. The van der Waals surface area contributed by atoms with Crippen LogP contribution < -0.4 is 9.64 Å². The van der Waals surface area contributed by atoms with E-state index in [-0.39, 0.29) is 29.4 Å². The summed E-state index contributed by atoms with van der Waals surface area (Å²) in [6.45, 7) is 0. The summed E-state index contributed by atoms with van der Waals surface area (Å²) >= 11 is 0. The Hall–Kier alpha value is -4.10. The number of anilines is 1. The van der Waals surface area contributed by atoms with Crippen molar-refractivity contribution >= 4 is 5.69 Å². The number of likely N-dealkylation sites (N-methyl/N-ethyl adjacent to an activating group) is 1. The Morgan fingerprint density at radius 1 is 1.03 bits per heavy atom. The van der Waals surface area contributed by atoms with Crippen LogP contribution in [-0.2, 0) is 19.6 Å². The van der Waals surface area contributed by atoms with Gasteiger partial charge >= 0.3 is 6.18 Å². The molecule has 0 bridgehead atoms. The fourth-order valence-electron chi connectivity index (χ4n) is 5.36. The molecule has 2 aromatic heterocycles. The van der Waals surface area contributed by atoms with Crippen LogP contribution in [0.1, 0.15) is 36.0 Å². The van der Waals surface area contributed by atoms with Gasteiger partial charge in [0.25, 0.3) is 5.82 Å². The van der Waals surface area contributed by atoms with Crippen LogP contribution in [0.5, 0.6) is 5.75 Å². The van der Waals surface area contributed by atoms with Crippen molar-refractivity contribution in [2.75, 3.05) is 19.1 Å². The first-order valence-electron chi connectivity index (χ1n) is 11.9. The number of hydrogen-bond donors (Lipinski definition) is 0. The summed E-state index contributed by atoms with van der Waals surface area (Å²) in [5.74, 6) is -0.228. The number of ether oxygens (including phenoxy) is 1. The van der Waals surface area contributed by atoms with Gasteiger partial charge in [0.1, 0.15) is 11.6 Å². The van der Waals surface area contributed by atoms with Gasteiger partial charge in [-0.3, -0.25) is 0 Å². The zero-order valence-electron chi connectivity index (χ0n) is 20.8. The first kappa shape index (κ1) is 25.5. The predicted octanol–water partition coefficient (Wildman–Crippen LogP) is 3.59. The van der Waals surface area contributed by atoms with E-state index >= 15 is 0 Å². The first-order chi connectivity index (χ1) is 18.2. The fraction of sp³-hybridized carbons (Fsp3) is 0.417. The van der Waals surface area contributed by atoms with Crippen molar-refractivity contribution in [1.82, 2.24) is 40.4 Å². The number of rotatable bonds is 7. The van der Waals surface area contributed by atoms with Crippen LogP contribution in [-0.4, -0.2) is 60.6 Å². The molecule has 0 aliphatic heterocycles.